The number of rotatable bonds is 5. The highest BCUT2D eigenvalue weighted by Crippen LogP contribution is 2.35. The number of nitrogens with one attached hydrogen (secondary N) is 1. The zero-order valence-corrected chi connectivity index (χ0v) is 13.2. The quantitative estimate of drug-likeness (QED) is 0.896. The molecule has 1 saturated carbocycles. The maximum atomic E-state index is 5.12. The fourth-order valence-electron chi connectivity index (χ4n) is 3.37. The summed E-state index contributed by atoms with van der Waals surface area (Å²) in [5.41, 5.74) is 1.29. The summed E-state index contributed by atoms with van der Waals surface area (Å²) in [6.45, 7) is 4.79. The van der Waals surface area contributed by atoms with Crippen LogP contribution >= 0.6 is 0 Å². The van der Waals surface area contributed by atoms with E-state index in [0.29, 0.717) is 11.9 Å². The van der Waals surface area contributed by atoms with Gasteiger partial charge in [-0.15, -0.1) is 0 Å². The Morgan fingerprint density at radius 3 is 2.65 bits per heavy atom. The van der Waals surface area contributed by atoms with Crippen LogP contribution in [0.2, 0.25) is 0 Å². The first-order chi connectivity index (χ1) is 9.63. The second-order valence-corrected chi connectivity index (χ2v) is 6.34. The minimum atomic E-state index is 0.556. The maximum Gasteiger partial charge on any atom is 0.212 e. The van der Waals surface area contributed by atoms with Gasteiger partial charge in [0.2, 0.25) is 5.88 Å². The van der Waals surface area contributed by atoms with Gasteiger partial charge in [-0.05, 0) is 49.6 Å². The number of nitrogens with zero attached hydrogens (tertiary/aromatic N) is 1. The number of hydrogen-bond acceptors (Lipinski definition) is 3. The fourth-order valence-corrected chi connectivity index (χ4v) is 3.37. The first-order valence-corrected chi connectivity index (χ1v) is 7.80. The smallest absolute Gasteiger partial charge is 0.212 e. The third-order valence-electron chi connectivity index (χ3n) is 5.04. The average Bonchev–Trinajstić information content (AvgIpc) is 2.48. The van der Waals surface area contributed by atoms with Gasteiger partial charge in [-0.2, -0.15) is 0 Å². The number of hydrogen-bond donors (Lipinski definition) is 1. The summed E-state index contributed by atoms with van der Waals surface area (Å²) in [5, 5.41) is 3.53. The highest BCUT2D eigenvalue weighted by Gasteiger charge is 2.29. The molecule has 1 aliphatic rings. The molecule has 20 heavy (non-hydrogen) atoms. The van der Waals surface area contributed by atoms with Crippen molar-refractivity contribution in [1.82, 2.24) is 10.3 Å². The van der Waals surface area contributed by atoms with Gasteiger partial charge < -0.3 is 10.1 Å². The molecule has 1 aromatic rings. The van der Waals surface area contributed by atoms with Crippen molar-refractivity contribution in [1.29, 1.82) is 0 Å². The highest BCUT2D eigenvalue weighted by molar-refractivity contribution is 5.18. The summed E-state index contributed by atoms with van der Waals surface area (Å²) >= 11 is 0. The molecule has 0 spiro atoms. The molecule has 3 nitrogen and oxygen atoms in total. The van der Waals surface area contributed by atoms with Crippen molar-refractivity contribution in [2.45, 2.75) is 45.6 Å². The number of pyridine rings is 1. The molecule has 0 aromatic carbocycles. The molecular formula is C17H28N2O. The average molecular weight is 276 g/mol. The van der Waals surface area contributed by atoms with Crippen LogP contribution in [-0.4, -0.2) is 25.2 Å². The van der Waals surface area contributed by atoms with Crippen molar-refractivity contribution >= 4 is 0 Å². The molecule has 1 aliphatic carbocycles. The van der Waals surface area contributed by atoms with Gasteiger partial charge in [-0.3, -0.25) is 0 Å². The van der Waals surface area contributed by atoms with Crippen molar-refractivity contribution in [3.8, 4) is 5.88 Å². The zero-order chi connectivity index (χ0) is 14.5. The van der Waals surface area contributed by atoms with Gasteiger partial charge in [0.15, 0.2) is 0 Å². The summed E-state index contributed by atoms with van der Waals surface area (Å²) in [5.74, 6) is 3.20. The standard InChI is InChI=1S/C17H28N2O/c1-12-5-7-15(9-13(12)2)16(18-3)10-14-6-8-17(20-4)19-11-14/h6,8,11-13,15-16,18H,5,7,9-10H2,1-4H3. The van der Waals surface area contributed by atoms with E-state index < -0.39 is 0 Å². The van der Waals surface area contributed by atoms with Crippen molar-refractivity contribution < 1.29 is 4.74 Å². The Kier molecular flexibility index (Phi) is 5.41. The third-order valence-corrected chi connectivity index (χ3v) is 5.04. The van der Waals surface area contributed by atoms with Crippen LogP contribution in [0.1, 0.15) is 38.7 Å². The van der Waals surface area contributed by atoms with Crippen LogP contribution in [-0.2, 0) is 6.42 Å². The number of likely N-dealkylation sites (N-methyl/N-ethyl adjacent to an activating group) is 1. The van der Waals surface area contributed by atoms with Crippen LogP contribution in [0.4, 0.5) is 0 Å². The molecule has 1 aromatic heterocycles. The van der Waals surface area contributed by atoms with Crippen molar-refractivity contribution in [2.75, 3.05) is 14.2 Å². The summed E-state index contributed by atoms with van der Waals surface area (Å²) in [6, 6.07) is 4.64. The first kappa shape index (κ1) is 15.3. The monoisotopic (exact) mass is 276 g/mol. The lowest BCUT2D eigenvalue weighted by molar-refractivity contribution is 0.173. The SMILES string of the molecule is CNC(Cc1ccc(OC)nc1)C1CCC(C)C(C)C1. The normalized spacial score (nSPS) is 28.1. The Labute approximate surface area is 123 Å². The van der Waals surface area contributed by atoms with Gasteiger partial charge in [0.05, 0.1) is 7.11 Å². The summed E-state index contributed by atoms with van der Waals surface area (Å²) in [7, 11) is 3.74. The molecule has 0 amide bonds. The van der Waals surface area contributed by atoms with Crippen LogP contribution < -0.4 is 10.1 Å². The molecule has 1 heterocycles. The van der Waals surface area contributed by atoms with Crippen LogP contribution in [0.5, 0.6) is 5.88 Å². The minimum absolute atomic E-state index is 0.556. The Balaban J connectivity index is 1.97. The van der Waals surface area contributed by atoms with Crippen LogP contribution in [0.25, 0.3) is 0 Å². The second-order valence-electron chi connectivity index (χ2n) is 6.34. The predicted molar refractivity (Wildman–Crippen MR) is 83.0 cm³/mol. The van der Waals surface area contributed by atoms with Crippen molar-refractivity contribution in [3.05, 3.63) is 23.9 Å². The molecule has 1 N–H and O–H groups in total. The van der Waals surface area contributed by atoms with E-state index >= 15 is 0 Å². The summed E-state index contributed by atoms with van der Waals surface area (Å²) in [4.78, 5) is 4.31. The van der Waals surface area contributed by atoms with E-state index in [1.807, 2.05) is 12.3 Å². The first-order valence-electron chi connectivity index (χ1n) is 7.80. The van der Waals surface area contributed by atoms with Gasteiger partial charge in [0.25, 0.3) is 0 Å². The lowest BCUT2D eigenvalue weighted by Crippen LogP contribution is -2.39. The largest absolute Gasteiger partial charge is 0.481 e. The Morgan fingerprint density at radius 2 is 2.10 bits per heavy atom. The number of aromatic nitrogens is 1. The van der Waals surface area contributed by atoms with E-state index in [1.165, 1.54) is 24.8 Å². The molecule has 0 bridgehead atoms. The summed E-state index contributed by atoms with van der Waals surface area (Å²) in [6.07, 6.45) is 7.05. The Hall–Kier alpha value is -1.09. The Bertz CT molecular complexity index is 404. The molecule has 3 heteroatoms. The molecule has 1 fully saturated rings. The fraction of sp³-hybridized carbons (Fsp3) is 0.706. The molecule has 0 aliphatic heterocycles. The molecule has 4 unspecified atom stereocenters. The lowest BCUT2D eigenvalue weighted by Gasteiger charge is -2.36. The number of methoxy groups -OCH3 is 1. The molecule has 112 valence electrons. The maximum absolute atomic E-state index is 5.12. The van der Waals surface area contributed by atoms with E-state index in [0.717, 1.165) is 24.2 Å². The minimum Gasteiger partial charge on any atom is -0.481 e. The van der Waals surface area contributed by atoms with Gasteiger partial charge in [-0.25, -0.2) is 4.98 Å². The van der Waals surface area contributed by atoms with E-state index in [-0.39, 0.29) is 0 Å². The van der Waals surface area contributed by atoms with Gasteiger partial charge in [0.1, 0.15) is 0 Å². The van der Waals surface area contributed by atoms with Gasteiger partial charge in [0, 0.05) is 18.3 Å². The summed E-state index contributed by atoms with van der Waals surface area (Å²) < 4.78 is 5.12. The topological polar surface area (TPSA) is 34.1 Å². The number of ether oxygens (including phenoxy) is 1. The van der Waals surface area contributed by atoms with Crippen molar-refractivity contribution in [3.63, 3.8) is 0 Å². The Morgan fingerprint density at radius 1 is 1.30 bits per heavy atom. The predicted octanol–water partition coefficient (Wildman–Crippen LogP) is 3.29. The second kappa shape index (κ2) is 7.07. The highest BCUT2D eigenvalue weighted by atomic mass is 16.5. The van der Waals surface area contributed by atoms with Crippen molar-refractivity contribution in [2.24, 2.45) is 17.8 Å². The van der Waals surface area contributed by atoms with Crippen LogP contribution in [0.3, 0.4) is 0 Å². The molecule has 2 rings (SSSR count). The van der Waals surface area contributed by atoms with E-state index in [4.69, 9.17) is 4.74 Å². The van der Waals surface area contributed by atoms with E-state index in [2.05, 4.69) is 37.3 Å². The van der Waals surface area contributed by atoms with Gasteiger partial charge >= 0.3 is 0 Å². The van der Waals surface area contributed by atoms with Crippen LogP contribution in [0.15, 0.2) is 18.3 Å². The van der Waals surface area contributed by atoms with E-state index in [9.17, 15) is 0 Å². The molecular weight excluding hydrogens is 248 g/mol. The van der Waals surface area contributed by atoms with Gasteiger partial charge in [-0.1, -0.05) is 26.3 Å². The molecule has 0 saturated heterocycles. The third kappa shape index (κ3) is 3.72. The van der Waals surface area contributed by atoms with E-state index in [1.54, 1.807) is 7.11 Å². The zero-order valence-electron chi connectivity index (χ0n) is 13.2. The van der Waals surface area contributed by atoms with Crippen LogP contribution in [0, 0.1) is 17.8 Å². The molecule has 4 atom stereocenters. The lowest BCUT2D eigenvalue weighted by atomic mass is 9.72. The molecule has 0 radical (unpaired) electrons.